The van der Waals surface area contributed by atoms with Crippen molar-refractivity contribution in [2.75, 3.05) is 13.2 Å². The number of nitrogens with two attached hydrogens (primary N) is 1. The molecule has 0 spiro atoms. The second-order valence-electron chi connectivity index (χ2n) is 3.53. The fourth-order valence-corrected chi connectivity index (χ4v) is 1.18. The lowest BCUT2D eigenvalue weighted by Crippen LogP contribution is -2.46. The molecule has 1 fully saturated rings. The number of nitrogens with zero attached hydrogens (tertiary/aromatic N) is 1. The standard InChI is InChI=1S/C8H11F3N2O/c9-8(10,11)5-14-4-7(13,3-12)6-1-2-6/h6H,1-2,4-5,13H2. The minimum atomic E-state index is -4.36. The van der Waals surface area contributed by atoms with Crippen molar-refractivity contribution in [2.24, 2.45) is 11.7 Å². The van der Waals surface area contributed by atoms with Crippen LogP contribution in [0.5, 0.6) is 0 Å². The number of ether oxygens (including phenoxy) is 1. The van der Waals surface area contributed by atoms with Crippen molar-refractivity contribution < 1.29 is 17.9 Å². The lowest BCUT2D eigenvalue weighted by molar-refractivity contribution is -0.176. The summed E-state index contributed by atoms with van der Waals surface area (Å²) >= 11 is 0. The Balaban J connectivity index is 2.32. The number of hydrogen-bond donors (Lipinski definition) is 1. The molecule has 0 aliphatic heterocycles. The summed E-state index contributed by atoms with van der Waals surface area (Å²) in [4.78, 5) is 0. The van der Waals surface area contributed by atoms with E-state index in [1.54, 1.807) is 0 Å². The predicted molar refractivity (Wildman–Crippen MR) is 42.1 cm³/mol. The summed E-state index contributed by atoms with van der Waals surface area (Å²) in [6.45, 7) is -1.70. The fourth-order valence-electron chi connectivity index (χ4n) is 1.18. The van der Waals surface area contributed by atoms with Crippen LogP contribution in [0.4, 0.5) is 13.2 Å². The highest BCUT2D eigenvalue weighted by Gasteiger charge is 2.43. The molecule has 1 unspecified atom stereocenters. The van der Waals surface area contributed by atoms with Crippen molar-refractivity contribution in [3.8, 4) is 6.07 Å². The van der Waals surface area contributed by atoms with Crippen LogP contribution < -0.4 is 5.73 Å². The van der Waals surface area contributed by atoms with E-state index in [0.717, 1.165) is 12.8 Å². The van der Waals surface area contributed by atoms with Gasteiger partial charge in [0.15, 0.2) is 0 Å². The van der Waals surface area contributed by atoms with Gasteiger partial charge in [-0.2, -0.15) is 18.4 Å². The van der Waals surface area contributed by atoms with E-state index in [9.17, 15) is 13.2 Å². The van der Waals surface area contributed by atoms with E-state index in [0.29, 0.717) is 0 Å². The van der Waals surface area contributed by atoms with Crippen LogP contribution >= 0.6 is 0 Å². The Morgan fingerprint density at radius 3 is 2.29 bits per heavy atom. The lowest BCUT2D eigenvalue weighted by Gasteiger charge is -2.21. The van der Waals surface area contributed by atoms with Crippen LogP contribution in [-0.2, 0) is 4.74 Å². The van der Waals surface area contributed by atoms with E-state index in [2.05, 4.69) is 4.74 Å². The molecule has 0 aromatic rings. The zero-order valence-corrected chi connectivity index (χ0v) is 7.47. The Morgan fingerprint density at radius 1 is 1.36 bits per heavy atom. The van der Waals surface area contributed by atoms with Crippen LogP contribution in [-0.4, -0.2) is 24.9 Å². The Kier molecular flexibility index (Phi) is 3.02. The zero-order valence-electron chi connectivity index (χ0n) is 7.47. The smallest absolute Gasteiger partial charge is 0.369 e. The van der Waals surface area contributed by atoms with Crippen LogP contribution in [0, 0.1) is 17.2 Å². The first-order valence-corrected chi connectivity index (χ1v) is 4.22. The molecule has 1 saturated carbocycles. The Labute approximate surface area is 79.6 Å². The summed E-state index contributed by atoms with van der Waals surface area (Å²) in [5.41, 5.74) is 4.33. The van der Waals surface area contributed by atoms with Crippen LogP contribution in [0.2, 0.25) is 0 Å². The van der Waals surface area contributed by atoms with Gasteiger partial charge in [-0.1, -0.05) is 0 Å². The van der Waals surface area contributed by atoms with E-state index < -0.39 is 18.3 Å². The highest BCUT2D eigenvalue weighted by atomic mass is 19.4. The quantitative estimate of drug-likeness (QED) is 0.755. The number of hydrogen-bond acceptors (Lipinski definition) is 3. The third-order valence-electron chi connectivity index (χ3n) is 2.12. The van der Waals surface area contributed by atoms with Gasteiger partial charge in [-0.3, -0.25) is 0 Å². The molecule has 0 aromatic carbocycles. The molecular weight excluding hydrogens is 197 g/mol. The molecule has 0 aromatic heterocycles. The predicted octanol–water partition coefficient (Wildman–Crippen LogP) is 1.20. The minimum Gasteiger partial charge on any atom is -0.369 e. The van der Waals surface area contributed by atoms with Crippen LogP contribution in [0.1, 0.15) is 12.8 Å². The lowest BCUT2D eigenvalue weighted by atomic mass is 9.98. The summed E-state index contributed by atoms with van der Waals surface area (Å²) in [5, 5.41) is 8.69. The summed E-state index contributed by atoms with van der Waals surface area (Å²) in [7, 11) is 0. The third-order valence-corrected chi connectivity index (χ3v) is 2.12. The summed E-state index contributed by atoms with van der Waals surface area (Å²) in [6, 6.07) is 1.81. The van der Waals surface area contributed by atoms with Gasteiger partial charge in [0.2, 0.25) is 0 Å². The maximum Gasteiger partial charge on any atom is 0.411 e. The Hall–Kier alpha value is -0.800. The molecular formula is C8H11F3N2O. The first kappa shape index (κ1) is 11.3. The normalized spacial score (nSPS) is 21.4. The number of alkyl halides is 3. The topological polar surface area (TPSA) is 59.0 Å². The van der Waals surface area contributed by atoms with Crippen molar-refractivity contribution >= 4 is 0 Å². The molecule has 6 heteroatoms. The largest absolute Gasteiger partial charge is 0.411 e. The minimum absolute atomic E-state index is 0.0132. The van der Waals surface area contributed by atoms with Crippen LogP contribution in [0.15, 0.2) is 0 Å². The zero-order chi connectivity index (χ0) is 10.8. The Bertz CT molecular complexity index is 244. The average Bonchev–Trinajstić information content (AvgIpc) is 2.83. The SMILES string of the molecule is N#CC(N)(COCC(F)(F)F)C1CC1. The van der Waals surface area contributed by atoms with Crippen molar-refractivity contribution in [3.05, 3.63) is 0 Å². The first-order valence-electron chi connectivity index (χ1n) is 4.22. The van der Waals surface area contributed by atoms with Crippen molar-refractivity contribution in [1.82, 2.24) is 0 Å². The molecule has 0 heterocycles. The third kappa shape index (κ3) is 3.16. The molecule has 14 heavy (non-hydrogen) atoms. The molecule has 0 amide bonds. The first-order chi connectivity index (χ1) is 6.37. The molecule has 80 valence electrons. The van der Waals surface area contributed by atoms with Gasteiger partial charge in [-0.05, 0) is 18.8 Å². The summed E-state index contributed by atoms with van der Waals surface area (Å²) < 4.78 is 39.5. The van der Waals surface area contributed by atoms with Crippen molar-refractivity contribution in [2.45, 2.75) is 24.6 Å². The van der Waals surface area contributed by atoms with Gasteiger partial charge in [0.05, 0.1) is 12.7 Å². The molecule has 0 radical (unpaired) electrons. The monoisotopic (exact) mass is 208 g/mol. The van der Waals surface area contributed by atoms with E-state index in [4.69, 9.17) is 11.0 Å². The van der Waals surface area contributed by atoms with Gasteiger partial charge in [-0.25, -0.2) is 0 Å². The van der Waals surface area contributed by atoms with Gasteiger partial charge in [-0.15, -0.1) is 0 Å². The van der Waals surface area contributed by atoms with Gasteiger partial charge in [0.25, 0.3) is 0 Å². The fraction of sp³-hybridized carbons (Fsp3) is 0.875. The number of nitriles is 1. The second kappa shape index (κ2) is 3.75. The van der Waals surface area contributed by atoms with Crippen molar-refractivity contribution in [1.29, 1.82) is 5.26 Å². The molecule has 1 aliphatic rings. The van der Waals surface area contributed by atoms with Gasteiger partial charge in [0.1, 0.15) is 12.1 Å². The second-order valence-corrected chi connectivity index (χ2v) is 3.53. The molecule has 1 aliphatic carbocycles. The number of rotatable bonds is 4. The highest BCUT2D eigenvalue weighted by molar-refractivity contribution is 5.13. The molecule has 1 rings (SSSR count). The maximum atomic E-state index is 11.7. The molecule has 0 bridgehead atoms. The van der Waals surface area contributed by atoms with Gasteiger partial charge in [0, 0.05) is 0 Å². The van der Waals surface area contributed by atoms with E-state index >= 15 is 0 Å². The van der Waals surface area contributed by atoms with Crippen LogP contribution in [0.25, 0.3) is 0 Å². The summed E-state index contributed by atoms with van der Waals surface area (Å²) in [5.74, 6) is -0.0132. The van der Waals surface area contributed by atoms with E-state index in [1.807, 2.05) is 6.07 Å². The molecule has 2 N–H and O–H groups in total. The molecule has 1 atom stereocenters. The summed E-state index contributed by atoms with van der Waals surface area (Å²) in [6.07, 6.45) is -2.78. The van der Waals surface area contributed by atoms with Gasteiger partial charge >= 0.3 is 6.18 Å². The Morgan fingerprint density at radius 2 is 1.93 bits per heavy atom. The van der Waals surface area contributed by atoms with E-state index in [-0.39, 0.29) is 12.5 Å². The van der Waals surface area contributed by atoms with Crippen LogP contribution in [0.3, 0.4) is 0 Å². The molecule has 3 nitrogen and oxygen atoms in total. The molecule has 0 saturated heterocycles. The van der Waals surface area contributed by atoms with Gasteiger partial charge < -0.3 is 10.5 Å². The maximum absolute atomic E-state index is 11.7. The number of halogens is 3. The highest BCUT2D eigenvalue weighted by Crippen LogP contribution is 2.38. The average molecular weight is 208 g/mol. The van der Waals surface area contributed by atoms with Crippen molar-refractivity contribution in [3.63, 3.8) is 0 Å². The van der Waals surface area contributed by atoms with E-state index in [1.165, 1.54) is 0 Å².